The summed E-state index contributed by atoms with van der Waals surface area (Å²) in [6, 6.07) is 0. The standard InChI is InChI=1S/C14H28N2O.ClH/c1-12(2)10-16(3)13(17)9-14(11-15)7-5-4-6-8-14;/h12H,4-11,15H2,1-3H3;1H. The average Bonchev–Trinajstić information content (AvgIpc) is 2.29. The highest BCUT2D eigenvalue weighted by Crippen LogP contribution is 2.38. The maximum absolute atomic E-state index is 12.2. The van der Waals surface area contributed by atoms with Crippen molar-refractivity contribution in [2.75, 3.05) is 20.1 Å². The lowest BCUT2D eigenvalue weighted by atomic mass is 9.71. The lowest BCUT2D eigenvalue weighted by Crippen LogP contribution is -2.40. The van der Waals surface area contributed by atoms with Gasteiger partial charge in [-0.3, -0.25) is 4.79 Å². The van der Waals surface area contributed by atoms with Crippen molar-refractivity contribution >= 4 is 18.3 Å². The Bertz CT molecular complexity index is 250. The number of halogens is 1. The van der Waals surface area contributed by atoms with Gasteiger partial charge in [0.1, 0.15) is 0 Å². The van der Waals surface area contributed by atoms with Gasteiger partial charge in [0, 0.05) is 20.0 Å². The van der Waals surface area contributed by atoms with Crippen LogP contribution in [0.1, 0.15) is 52.4 Å². The quantitative estimate of drug-likeness (QED) is 0.839. The fourth-order valence-electron chi connectivity index (χ4n) is 2.86. The number of rotatable bonds is 5. The molecular weight excluding hydrogens is 248 g/mol. The van der Waals surface area contributed by atoms with E-state index in [2.05, 4.69) is 13.8 Å². The average molecular weight is 277 g/mol. The van der Waals surface area contributed by atoms with Crippen molar-refractivity contribution in [3.63, 3.8) is 0 Å². The van der Waals surface area contributed by atoms with Crippen LogP contribution in [0.3, 0.4) is 0 Å². The van der Waals surface area contributed by atoms with Crippen LogP contribution in [0.25, 0.3) is 0 Å². The van der Waals surface area contributed by atoms with E-state index in [-0.39, 0.29) is 23.7 Å². The third-order valence-corrected chi connectivity index (χ3v) is 3.94. The van der Waals surface area contributed by atoms with Crippen molar-refractivity contribution < 1.29 is 4.79 Å². The first kappa shape index (κ1) is 17.7. The molecule has 0 aromatic heterocycles. The third kappa shape index (κ3) is 5.15. The Morgan fingerprint density at radius 3 is 2.28 bits per heavy atom. The number of amides is 1. The van der Waals surface area contributed by atoms with E-state index < -0.39 is 0 Å². The highest BCUT2D eigenvalue weighted by molar-refractivity contribution is 5.85. The van der Waals surface area contributed by atoms with Gasteiger partial charge in [-0.1, -0.05) is 33.1 Å². The number of nitrogens with two attached hydrogens (primary N) is 1. The minimum absolute atomic E-state index is 0. The van der Waals surface area contributed by atoms with E-state index in [1.54, 1.807) is 0 Å². The van der Waals surface area contributed by atoms with Gasteiger partial charge < -0.3 is 10.6 Å². The molecule has 0 aliphatic heterocycles. The molecule has 4 heteroatoms. The first-order valence-electron chi connectivity index (χ1n) is 6.93. The van der Waals surface area contributed by atoms with E-state index in [0.717, 1.165) is 19.4 Å². The van der Waals surface area contributed by atoms with Crippen molar-refractivity contribution in [3.8, 4) is 0 Å². The highest BCUT2D eigenvalue weighted by Gasteiger charge is 2.33. The molecular formula is C14H29ClN2O. The van der Waals surface area contributed by atoms with Crippen molar-refractivity contribution in [2.45, 2.75) is 52.4 Å². The summed E-state index contributed by atoms with van der Waals surface area (Å²) in [6.45, 7) is 5.79. The molecule has 1 aliphatic rings. The maximum atomic E-state index is 12.2. The highest BCUT2D eigenvalue weighted by atomic mass is 35.5. The molecule has 2 N–H and O–H groups in total. The van der Waals surface area contributed by atoms with E-state index in [9.17, 15) is 4.79 Å². The number of carbonyl (C=O) groups excluding carboxylic acids is 1. The van der Waals surface area contributed by atoms with E-state index in [0.29, 0.717) is 18.9 Å². The first-order chi connectivity index (χ1) is 7.99. The van der Waals surface area contributed by atoms with Crippen LogP contribution >= 0.6 is 12.4 Å². The molecule has 0 unspecified atom stereocenters. The van der Waals surface area contributed by atoms with Gasteiger partial charge in [-0.25, -0.2) is 0 Å². The number of carbonyl (C=O) groups is 1. The predicted molar refractivity (Wildman–Crippen MR) is 78.9 cm³/mol. The van der Waals surface area contributed by atoms with Gasteiger partial charge >= 0.3 is 0 Å². The summed E-state index contributed by atoms with van der Waals surface area (Å²) in [5, 5.41) is 0. The van der Waals surface area contributed by atoms with Crippen LogP contribution in [0.4, 0.5) is 0 Å². The molecule has 1 saturated carbocycles. The monoisotopic (exact) mass is 276 g/mol. The van der Waals surface area contributed by atoms with Crippen molar-refractivity contribution in [3.05, 3.63) is 0 Å². The Hall–Kier alpha value is -0.280. The second-order valence-corrected chi connectivity index (χ2v) is 6.11. The van der Waals surface area contributed by atoms with Gasteiger partial charge in [-0.15, -0.1) is 12.4 Å². The van der Waals surface area contributed by atoms with Gasteiger partial charge in [0.15, 0.2) is 0 Å². The van der Waals surface area contributed by atoms with Crippen LogP contribution in [0.15, 0.2) is 0 Å². The van der Waals surface area contributed by atoms with Crippen LogP contribution < -0.4 is 5.73 Å². The summed E-state index contributed by atoms with van der Waals surface area (Å²) in [5.74, 6) is 0.801. The van der Waals surface area contributed by atoms with Gasteiger partial charge in [-0.05, 0) is 30.7 Å². The molecule has 1 amide bonds. The second-order valence-electron chi connectivity index (χ2n) is 6.11. The van der Waals surface area contributed by atoms with Crippen LogP contribution in [0, 0.1) is 11.3 Å². The molecule has 0 saturated heterocycles. The molecule has 0 heterocycles. The zero-order valence-electron chi connectivity index (χ0n) is 12.1. The van der Waals surface area contributed by atoms with Crippen LogP contribution in [-0.4, -0.2) is 30.9 Å². The fraction of sp³-hybridized carbons (Fsp3) is 0.929. The van der Waals surface area contributed by atoms with Gasteiger partial charge in [0.2, 0.25) is 5.91 Å². The number of nitrogens with zero attached hydrogens (tertiary/aromatic N) is 1. The topological polar surface area (TPSA) is 46.3 Å². The predicted octanol–water partition coefficient (Wildman–Crippen LogP) is 2.82. The lowest BCUT2D eigenvalue weighted by Gasteiger charge is -2.37. The van der Waals surface area contributed by atoms with Gasteiger partial charge in [0.05, 0.1) is 0 Å². The van der Waals surface area contributed by atoms with Crippen LogP contribution in [0.2, 0.25) is 0 Å². The summed E-state index contributed by atoms with van der Waals surface area (Å²) in [7, 11) is 1.91. The van der Waals surface area contributed by atoms with E-state index in [4.69, 9.17) is 5.73 Å². The normalized spacial score (nSPS) is 18.3. The molecule has 3 nitrogen and oxygen atoms in total. The van der Waals surface area contributed by atoms with E-state index >= 15 is 0 Å². The number of hydrogen-bond donors (Lipinski definition) is 1. The van der Waals surface area contributed by atoms with Gasteiger partial charge in [0.25, 0.3) is 0 Å². The lowest BCUT2D eigenvalue weighted by molar-refractivity contribution is -0.133. The Morgan fingerprint density at radius 1 is 1.28 bits per heavy atom. The molecule has 0 spiro atoms. The summed E-state index contributed by atoms with van der Waals surface area (Å²) >= 11 is 0. The Balaban J connectivity index is 0.00000289. The zero-order valence-corrected chi connectivity index (χ0v) is 12.9. The fourth-order valence-corrected chi connectivity index (χ4v) is 2.86. The smallest absolute Gasteiger partial charge is 0.222 e. The second kappa shape index (κ2) is 8.00. The molecule has 1 aliphatic carbocycles. The third-order valence-electron chi connectivity index (χ3n) is 3.94. The van der Waals surface area contributed by atoms with Crippen molar-refractivity contribution in [1.29, 1.82) is 0 Å². The minimum Gasteiger partial charge on any atom is -0.345 e. The Labute approximate surface area is 118 Å². The summed E-state index contributed by atoms with van der Waals surface area (Å²) < 4.78 is 0. The summed E-state index contributed by atoms with van der Waals surface area (Å²) in [4.78, 5) is 14.1. The first-order valence-corrected chi connectivity index (χ1v) is 6.93. The Kier molecular flexibility index (Phi) is 7.88. The van der Waals surface area contributed by atoms with Gasteiger partial charge in [-0.2, -0.15) is 0 Å². The van der Waals surface area contributed by atoms with Crippen LogP contribution in [-0.2, 0) is 4.79 Å². The summed E-state index contributed by atoms with van der Waals surface area (Å²) in [5.41, 5.74) is 6.01. The zero-order chi connectivity index (χ0) is 12.9. The largest absolute Gasteiger partial charge is 0.345 e. The molecule has 18 heavy (non-hydrogen) atoms. The SMILES string of the molecule is CC(C)CN(C)C(=O)CC1(CN)CCCCC1.Cl. The number of hydrogen-bond acceptors (Lipinski definition) is 2. The summed E-state index contributed by atoms with van der Waals surface area (Å²) in [6.07, 6.45) is 6.68. The molecule has 108 valence electrons. The van der Waals surface area contributed by atoms with E-state index in [1.807, 2.05) is 11.9 Å². The van der Waals surface area contributed by atoms with E-state index in [1.165, 1.54) is 19.3 Å². The molecule has 0 bridgehead atoms. The van der Waals surface area contributed by atoms with Crippen LogP contribution in [0.5, 0.6) is 0 Å². The molecule has 0 radical (unpaired) electrons. The minimum atomic E-state index is 0. The maximum Gasteiger partial charge on any atom is 0.222 e. The molecule has 1 rings (SSSR count). The Morgan fingerprint density at radius 2 is 1.83 bits per heavy atom. The molecule has 0 aromatic carbocycles. The molecule has 1 fully saturated rings. The molecule has 0 aromatic rings. The molecule has 0 atom stereocenters. The van der Waals surface area contributed by atoms with Crippen molar-refractivity contribution in [1.82, 2.24) is 4.90 Å². The van der Waals surface area contributed by atoms with Crippen molar-refractivity contribution in [2.24, 2.45) is 17.1 Å².